The zero-order valence-electron chi connectivity index (χ0n) is 16.6. The summed E-state index contributed by atoms with van der Waals surface area (Å²) < 4.78 is 0. The minimum Gasteiger partial charge on any atom is -0.393 e. The molecule has 2 aliphatic heterocycles. The number of likely N-dealkylation sites (tertiary alicyclic amines) is 2. The summed E-state index contributed by atoms with van der Waals surface area (Å²) in [6, 6.07) is 0. The fourth-order valence-corrected chi connectivity index (χ4v) is 5.96. The van der Waals surface area contributed by atoms with Crippen LogP contribution < -0.4 is 0 Å². The van der Waals surface area contributed by atoms with Crippen molar-refractivity contribution in [2.75, 3.05) is 26.2 Å². The number of rotatable bonds is 4. The van der Waals surface area contributed by atoms with Gasteiger partial charge in [0.2, 0.25) is 11.8 Å². The average Bonchev–Trinajstić information content (AvgIpc) is 3.37. The number of aliphatic hydroxyl groups excluding tert-OH is 2. The van der Waals surface area contributed by atoms with Crippen LogP contribution in [0.4, 0.5) is 0 Å². The van der Waals surface area contributed by atoms with Crippen LogP contribution in [0.25, 0.3) is 0 Å². The Morgan fingerprint density at radius 3 is 1.93 bits per heavy atom. The first-order valence-electron chi connectivity index (χ1n) is 10.7. The van der Waals surface area contributed by atoms with Crippen molar-refractivity contribution in [3.63, 3.8) is 0 Å². The van der Waals surface area contributed by atoms with Crippen LogP contribution in [0.3, 0.4) is 0 Å². The van der Waals surface area contributed by atoms with Crippen LogP contribution in [0.15, 0.2) is 0 Å². The van der Waals surface area contributed by atoms with Gasteiger partial charge in [0, 0.05) is 49.9 Å². The lowest BCUT2D eigenvalue weighted by molar-refractivity contribution is -0.141. The first-order valence-corrected chi connectivity index (χ1v) is 10.7. The van der Waals surface area contributed by atoms with Crippen molar-refractivity contribution in [3.05, 3.63) is 0 Å². The smallest absolute Gasteiger partial charge is 0.228 e. The highest BCUT2D eigenvalue weighted by Gasteiger charge is 2.46. The molecule has 0 aromatic rings. The van der Waals surface area contributed by atoms with Gasteiger partial charge >= 0.3 is 0 Å². The monoisotopic (exact) mass is 378 g/mol. The fourth-order valence-electron chi connectivity index (χ4n) is 5.96. The predicted molar refractivity (Wildman–Crippen MR) is 101 cm³/mol. The van der Waals surface area contributed by atoms with Crippen LogP contribution >= 0.6 is 0 Å². The van der Waals surface area contributed by atoms with Crippen molar-refractivity contribution >= 4 is 11.8 Å². The molecule has 0 radical (unpaired) electrons. The van der Waals surface area contributed by atoms with Gasteiger partial charge < -0.3 is 20.0 Å². The third kappa shape index (κ3) is 3.51. The summed E-state index contributed by atoms with van der Waals surface area (Å²) in [4.78, 5) is 29.5. The molecule has 4 aliphatic rings. The van der Waals surface area contributed by atoms with Crippen molar-refractivity contribution in [3.8, 4) is 0 Å². The molecular formula is C21H34N2O4. The number of amides is 2. The molecule has 2 saturated heterocycles. The number of aliphatic hydroxyl groups is 2. The summed E-state index contributed by atoms with van der Waals surface area (Å²) >= 11 is 0. The van der Waals surface area contributed by atoms with E-state index in [2.05, 4.69) is 0 Å². The van der Waals surface area contributed by atoms with Crippen molar-refractivity contribution in [2.24, 2.45) is 29.1 Å². The van der Waals surface area contributed by atoms with E-state index in [1.807, 2.05) is 23.6 Å². The van der Waals surface area contributed by atoms with E-state index in [4.69, 9.17) is 0 Å². The van der Waals surface area contributed by atoms with E-state index in [0.29, 0.717) is 37.8 Å². The zero-order chi connectivity index (χ0) is 19.3. The van der Waals surface area contributed by atoms with E-state index in [1.165, 1.54) is 0 Å². The third-order valence-corrected chi connectivity index (χ3v) is 7.82. The molecule has 6 nitrogen and oxygen atoms in total. The molecule has 0 spiro atoms. The van der Waals surface area contributed by atoms with Crippen LogP contribution in [0.5, 0.6) is 0 Å². The SMILES string of the molecule is CC(C)(CCC(=O)N1CC2CCC(O)C2C1)C(=O)N1CC2CCC(O)C2C1. The lowest BCUT2D eigenvalue weighted by atomic mass is 9.86. The van der Waals surface area contributed by atoms with Gasteiger partial charge in [-0.15, -0.1) is 0 Å². The van der Waals surface area contributed by atoms with Gasteiger partial charge in [-0.2, -0.15) is 0 Å². The molecule has 4 rings (SSSR count). The number of hydrogen-bond acceptors (Lipinski definition) is 4. The van der Waals surface area contributed by atoms with Crippen molar-refractivity contribution < 1.29 is 19.8 Å². The summed E-state index contributed by atoms with van der Waals surface area (Å²) in [6.07, 6.45) is 4.18. The second-order valence-electron chi connectivity index (χ2n) is 10.0. The first-order chi connectivity index (χ1) is 12.8. The number of carbonyl (C=O) groups excluding carboxylic acids is 2. The Balaban J connectivity index is 1.28. The number of nitrogens with zero attached hydrogens (tertiary/aromatic N) is 2. The summed E-state index contributed by atoms with van der Waals surface area (Å²) in [5, 5.41) is 20.1. The van der Waals surface area contributed by atoms with Gasteiger partial charge in [-0.1, -0.05) is 13.8 Å². The summed E-state index contributed by atoms with van der Waals surface area (Å²) in [5.41, 5.74) is -0.561. The number of fused-ring (bicyclic) bond motifs is 2. The Labute approximate surface area is 161 Å². The molecule has 6 atom stereocenters. The van der Waals surface area contributed by atoms with Crippen LogP contribution in [0, 0.1) is 29.1 Å². The van der Waals surface area contributed by atoms with E-state index in [0.717, 1.165) is 38.8 Å². The second kappa shape index (κ2) is 7.03. The van der Waals surface area contributed by atoms with Crippen molar-refractivity contribution in [1.82, 2.24) is 9.80 Å². The van der Waals surface area contributed by atoms with Gasteiger partial charge in [0.15, 0.2) is 0 Å². The molecular weight excluding hydrogens is 344 g/mol. The zero-order valence-corrected chi connectivity index (χ0v) is 16.6. The predicted octanol–water partition coefficient (Wildman–Crippen LogP) is 1.25. The van der Waals surface area contributed by atoms with Gasteiger partial charge in [-0.3, -0.25) is 9.59 Å². The Hall–Kier alpha value is -1.14. The Morgan fingerprint density at radius 2 is 1.37 bits per heavy atom. The molecule has 152 valence electrons. The lowest BCUT2D eigenvalue weighted by Gasteiger charge is -2.30. The van der Waals surface area contributed by atoms with E-state index < -0.39 is 5.41 Å². The molecule has 0 bridgehead atoms. The van der Waals surface area contributed by atoms with Crippen LogP contribution in [-0.4, -0.2) is 70.2 Å². The van der Waals surface area contributed by atoms with E-state index in [-0.39, 0.29) is 35.9 Å². The first kappa shape index (κ1) is 19.2. The summed E-state index contributed by atoms with van der Waals surface area (Å²) in [7, 11) is 0. The summed E-state index contributed by atoms with van der Waals surface area (Å²) in [5.74, 6) is 1.61. The van der Waals surface area contributed by atoms with Crippen LogP contribution in [-0.2, 0) is 9.59 Å². The highest BCUT2D eigenvalue weighted by Crippen LogP contribution is 2.41. The van der Waals surface area contributed by atoms with Gasteiger partial charge in [-0.25, -0.2) is 0 Å². The minimum absolute atomic E-state index is 0.116. The topological polar surface area (TPSA) is 81.1 Å². The maximum atomic E-state index is 13.0. The summed E-state index contributed by atoms with van der Waals surface area (Å²) in [6.45, 7) is 6.74. The van der Waals surface area contributed by atoms with Crippen molar-refractivity contribution in [1.29, 1.82) is 0 Å². The number of hydrogen-bond donors (Lipinski definition) is 2. The fraction of sp³-hybridized carbons (Fsp3) is 0.905. The second-order valence-corrected chi connectivity index (χ2v) is 10.0. The lowest BCUT2D eigenvalue weighted by Crippen LogP contribution is -2.41. The highest BCUT2D eigenvalue weighted by atomic mass is 16.3. The highest BCUT2D eigenvalue weighted by molar-refractivity contribution is 5.83. The van der Waals surface area contributed by atoms with Gasteiger partial charge in [0.25, 0.3) is 0 Å². The molecule has 2 aliphatic carbocycles. The molecule has 0 aromatic heterocycles. The van der Waals surface area contributed by atoms with Crippen LogP contribution in [0.1, 0.15) is 52.4 Å². The third-order valence-electron chi connectivity index (χ3n) is 7.82. The molecule has 2 heterocycles. The number of carbonyl (C=O) groups is 2. The Morgan fingerprint density at radius 1 is 0.852 bits per heavy atom. The maximum absolute atomic E-state index is 13.0. The van der Waals surface area contributed by atoms with E-state index >= 15 is 0 Å². The maximum Gasteiger partial charge on any atom is 0.228 e. The largest absolute Gasteiger partial charge is 0.393 e. The molecule has 2 N–H and O–H groups in total. The quantitative estimate of drug-likeness (QED) is 0.772. The molecule has 2 saturated carbocycles. The molecule has 6 heteroatoms. The minimum atomic E-state index is -0.561. The molecule has 27 heavy (non-hydrogen) atoms. The Kier molecular flexibility index (Phi) is 5.00. The molecule has 6 unspecified atom stereocenters. The van der Waals surface area contributed by atoms with Gasteiger partial charge in [-0.05, 0) is 43.9 Å². The van der Waals surface area contributed by atoms with Gasteiger partial charge in [0.1, 0.15) is 0 Å². The van der Waals surface area contributed by atoms with E-state index in [1.54, 1.807) is 0 Å². The van der Waals surface area contributed by atoms with Crippen LogP contribution in [0.2, 0.25) is 0 Å². The van der Waals surface area contributed by atoms with E-state index in [9.17, 15) is 19.8 Å². The molecule has 2 amide bonds. The molecule has 4 fully saturated rings. The van der Waals surface area contributed by atoms with Gasteiger partial charge in [0.05, 0.1) is 12.2 Å². The van der Waals surface area contributed by atoms with Crippen molar-refractivity contribution in [2.45, 2.75) is 64.6 Å². The molecule has 0 aromatic carbocycles. The Bertz CT molecular complexity index is 607. The normalized spacial score (nSPS) is 38.4. The standard InChI is InChI=1S/C21H34N2O4/c1-21(2,20(27)23-10-14-4-6-18(25)16(14)12-23)8-7-19(26)22-9-13-3-5-17(24)15(13)11-22/h13-18,24-25H,3-12H2,1-2H3. The average molecular weight is 379 g/mol.